The Morgan fingerprint density at radius 2 is 1.90 bits per heavy atom. The number of halogens is 1. The maximum absolute atomic E-state index is 5.46. The Morgan fingerprint density at radius 3 is 2.58 bits per heavy atom. The summed E-state index contributed by atoms with van der Waals surface area (Å²) in [7, 11) is 1.79. The summed E-state index contributed by atoms with van der Waals surface area (Å²) in [6.07, 6.45) is 1.65. The summed E-state index contributed by atoms with van der Waals surface area (Å²) >= 11 is 0. The Morgan fingerprint density at radius 1 is 1.16 bits per heavy atom. The molecule has 0 aliphatic carbocycles. The number of nitrogens with zero attached hydrogens (tertiary/aromatic N) is 4. The third-order valence-electron chi connectivity index (χ3n) is 5.15. The van der Waals surface area contributed by atoms with Crippen molar-refractivity contribution in [1.29, 1.82) is 0 Å². The Kier molecular flexibility index (Phi) is 11.2. The smallest absolute Gasteiger partial charge is 0.226 e. The molecule has 1 saturated heterocycles. The molecule has 2 N–H and O–H groups in total. The van der Waals surface area contributed by atoms with Crippen LogP contribution in [-0.2, 0) is 24.2 Å². The van der Waals surface area contributed by atoms with E-state index in [1.807, 2.05) is 0 Å². The summed E-state index contributed by atoms with van der Waals surface area (Å²) in [5.74, 6) is 2.55. The Labute approximate surface area is 202 Å². The highest BCUT2D eigenvalue weighted by molar-refractivity contribution is 14.0. The number of aromatic nitrogens is 2. The third-order valence-corrected chi connectivity index (χ3v) is 5.15. The molecule has 1 aliphatic heterocycles. The van der Waals surface area contributed by atoms with Crippen LogP contribution in [0.5, 0.6) is 0 Å². The van der Waals surface area contributed by atoms with Crippen LogP contribution in [0.3, 0.4) is 0 Å². The number of ether oxygens (including phenoxy) is 1. The molecule has 0 atom stereocenters. The molecule has 8 nitrogen and oxygen atoms in total. The van der Waals surface area contributed by atoms with E-state index in [1.54, 1.807) is 7.05 Å². The fraction of sp³-hybridized carbons (Fsp3) is 0.591. The quantitative estimate of drug-likeness (QED) is 0.218. The molecule has 1 aliphatic rings. The first-order valence-electron chi connectivity index (χ1n) is 10.8. The van der Waals surface area contributed by atoms with Crippen molar-refractivity contribution in [2.45, 2.75) is 45.7 Å². The molecule has 0 radical (unpaired) electrons. The molecule has 0 saturated carbocycles. The number of hydrogen-bond acceptors (Lipinski definition) is 6. The van der Waals surface area contributed by atoms with Crippen molar-refractivity contribution in [2.24, 2.45) is 4.99 Å². The number of benzene rings is 1. The molecule has 1 aromatic heterocycles. The summed E-state index contributed by atoms with van der Waals surface area (Å²) in [5.41, 5.74) is 2.64. The highest BCUT2D eigenvalue weighted by Crippen LogP contribution is 2.13. The first-order chi connectivity index (χ1) is 14.7. The number of guanidine groups is 1. The van der Waals surface area contributed by atoms with Crippen molar-refractivity contribution < 1.29 is 9.26 Å². The van der Waals surface area contributed by atoms with Gasteiger partial charge in [-0.05, 0) is 17.5 Å². The molecule has 1 aromatic carbocycles. The average Bonchev–Trinajstić information content (AvgIpc) is 3.24. The van der Waals surface area contributed by atoms with E-state index in [4.69, 9.17) is 9.26 Å². The van der Waals surface area contributed by atoms with Crippen LogP contribution >= 0.6 is 24.0 Å². The van der Waals surface area contributed by atoms with Gasteiger partial charge in [0.25, 0.3) is 0 Å². The van der Waals surface area contributed by atoms with Crippen LogP contribution in [0, 0.1) is 0 Å². The zero-order valence-electron chi connectivity index (χ0n) is 18.8. The van der Waals surface area contributed by atoms with Crippen molar-refractivity contribution in [3.05, 3.63) is 47.1 Å². The molecule has 3 rings (SSSR count). The van der Waals surface area contributed by atoms with Crippen LogP contribution in [0.1, 0.15) is 49.0 Å². The molecule has 9 heteroatoms. The molecule has 0 spiro atoms. The summed E-state index contributed by atoms with van der Waals surface area (Å²) in [5, 5.41) is 10.8. The standard InChI is InChI=1S/C22H34N6O2.HI/c1-17(2)21-26-20(30-27-21)9-6-10-24-22(23-3)25-15-18-7-4-5-8-19(18)16-28-11-13-29-14-12-28;/h4-5,7-8,17H,6,9-16H2,1-3H3,(H2,23,24,25);1H. The number of aliphatic imine (C=N–C) groups is 1. The van der Waals surface area contributed by atoms with Crippen molar-refractivity contribution in [3.8, 4) is 0 Å². The van der Waals surface area contributed by atoms with Gasteiger partial charge >= 0.3 is 0 Å². The van der Waals surface area contributed by atoms with Crippen LogP contribution in [-0.4, -0.2) is 60.9 Å². The maximum atomic E-state index is 5.46. The zero-order valence-corrected chi connectivity index (χ0v) is 21.1. The first kappa shape index (κ1) is 25.5. The van der Waals surface area contributed by atoms with Gasteiger partial charge < -0.3 is 19.9 Å². The lowest BCUT2D eigenvalue weighted by atomic mass is 10.1. The highest BCUT2D eigenvalue weighted by Gasteiger charge is 2.13. The number of aryl methyl sites for hydroxylation is 1. The molecule has 2 aromatic rings. The van der Waals surface area contributed by atoms with E-state index < -0.39 is 0 Å². The highest BCUT2D eigenvalue weighted by atomic mass is 127. The summed E-state index contributed by atoms with van der Waals surface area (Å²) < 4.78 is 10.7. The lowest BCUT2D eigenvalue weighted by Gasteiger charge is -2.27. The van der Waals surface area contributed by atoms with Gasteiger partial charge in [0.1, 0.15) is 0 Å². The monoisotopic (exact) mass is 542 g/mol. The zero-order chi connectivity index (χ0) is 21.2. The van der Waals surface area contributed by atoms with Crippen LogP contribution in [0.25, 0.3) is 0 Å². The molecular weight excluding hydrogens is 507 g/mol. The molecule has 31 heavy (non-hydrogen) atoms. The molecule has 1 fully saturated rings. The minimum absolute atomic E-state index is 0. The lowest BCUT2D eigenvalue weighted by molar-refractivity contribution is 0.0341. The van der Waals surface area contributed by atoms with Gasteiger partial charge in [-0.2, -0.15) is 4.98 Å². The second-order valence-electron chi connectivity index (χ2n) is 7.81. The molecule has 172 valence electrons. The Balaban J connectivity index is 0.00000341. The fourth-order valence-electron chi connectivity index (χ4n) is 3.33. The topological polar surface area (TPSA) is 87.8 Å². The number of hydrogen-bond donors (Lipinski definition) is 2. The van der Waals surface area contributed by atoms with E-state index in [2.05, 4.69) is 68.8 Å². The van der Waals surface area contributed by atoms with Gasteiger partial charge in [-0.1, -0.05) is 43.3 Å². The van der Waals surface area contributed by atoms with E-state index in [0.29, 0.717) is 5.89 Å². The van der Waals surface area contributed by atoms with Crippen LogP contribution in [0.2, 0.25) is 0 Å². The fourth-order valence-corrected chi connectivity index (χ4v) is 3.33. The van der Waals surface area contributed by atoms with Gasteiger partial charge in [0, 0.05) is 52.1 Å². The second kappa shape index (κ2) is 13.6. The predicted octanol–water partition coefficient (Wildman–Crippen LogP) is 2.94. The van der Waals surface area contributed by atoms with Gasteiger partial charge in [-0.15, -0.1) is 24.0 Å². The van der Waals surface area contributed by atoms with Gasteiger partial charge in [-0.25, -0.2) is 0 Å². The first-order valence-corrected chi connectivity index (χ1v) is 10.8. The van der Waals surface area contributed by atoms with Gasteiger partial charge in [0.05, 0.1) is 13.2 Å². The predicted molar refractivity (Wildman–Crippen MR) is 133 cm³/mol. The Hall–Kier alpha value is -1.72. The Bertz CT molecular complexity index is 805. The normalized spacial score (nSPS) is 15.0. The third kappa shape index (κ3) is 8.38. The van der Waals surface area contributed by atoms with Gasteiger partial charge in [0.2, 0.25) is 5.89 Å². The molecule has 0 bridgehead atoms. The van der Waals surface area contributed by atoms with Crippen molar-refractivity contribution in [1.82, 2.24) is 25.7 Å². The molecular formula is C22H35IN6O2. The summed E-state index contributed by atoms with van der Waals surface area (Å²) in [6.45, 7) is 10.2. The minimum Gasteiger partial charge on any atom is -0.379 e. The van der Waals surface area contributed by atoms with E-state index in [1.165, 1.54) is 11.1 Å². The maximum Gasteiger partial charge on any atom is 0.226 e. The number of morpholine rings is 1. The lowest BCUT2D eigenvalue weighted by Crippen LogP contribution is -2.38. The largest absolute Gasteiger partial charge is 0.379 e. The number of nitrogens with one attached hydrogen (secondary N) is 2. The van der Waals surface area contributed by atoms with Gasteiger partial charge in [0.15, 0.2) is 11.8 Å². The van der Waals surface area contributed by atoms with Crippen molar-refractivity contribution in [2.75, 3.05) is 39.9 Å². The van der Waals surface area contributed by atoms with Crippen LogP contribution < -0.4 is 10.6 Å². The SMILES string of the molecule is CN=C(NCCCc1nc(C(C)C)no1)NCc1ccccc1CN1CCOCC1.I. The van der Waals surface area contributed by atoms with Crippen molar-refractivity contribution in [3.63, 3.8) is 0 Å². The van der Waals surface area contributed by atoms with Crippen molar-refractivity contribution >= 4 is 29.9 Å². The second-order valence-corrected chi connectivity index (χ2v) is 7.81. The number of rotatable bonds is 9. The summed E-state index contributed by atoms with van der Waals surface area (Å²) in [6, 6.07) is 8.58. The van der Waals surface area contributed by atoms with Crippen LogP contribution in [0.15, 0.2) is 33.8 Å². The van der Waals surface area contributed by atoms with E-state index in [9.17, 15) is 0 Å². The minimum atomic E-state index is 0. The van der Waals surface area contributed by atoms with Crippen LogP contribution in [0.4, 0.5) is 0 Å². The molecule has 0 unspecified atom stereocenters. The van der Waals surface area contributed by atoms with E-state index >= 15 is 0 Å². The average molecular weight is 542 g/mol. The molecule has 0 amide bonds. The van der Waals surface area contributed by atoms with E-state index in [0.717, 1.165) is 70.6 Å². The van der Waals surface area contributed by atoms with Gasteiger partial charge in [-0.3, -0.25) is 9.89 Å². The molecule has 2 heterocycles. The van der Waals surface area contributed by atoms with E-state index in [-0.39, 0.29) is 29.9 Å². The summed E-state index contributed by atoms with van der Waals surface area (Å²) in [4.78, 5) is 11.2.